The first-order valence-corrected chi connectivity index (χ1v) is 2.73. The maximum Gasteiger partial charge on any atom is 1.00 e. The van der Waals surface area contributed by atoms with Gasteiger partial charge in [0.25, 0.3) is 0 Å². The molecule has 0 bridgehead atoms. The van der Waals surface area contributed by atoms with Gasteiger partial charge in [0.1, 0.15) is 0 Å². The van der Waals surface area contributed by atoms with E-state index >= 15 is 0 Å². The van der Waals surface area contributed by atoms with Gasteiger partial charge >= 0.3 is 59.1 Å². The molecule has 0 aromatic carbocycles. The fraction of sp³-hybridized carbons (Fsp3) is 0.200. The van der Waals surface area contributed by atoms with Gasteiger partial charge in [-0.2, -0.15) is 0 Å². The van der Waals surface area contributed by atoms with Crippen LogP contribution in [0.25, 0.3) is 0 Å². The summed E-state index contributed by atoms with van der Waals surface area (Å²) in [6.07, 6.45) is 0. The molecule has 0 fully saturated rings. The third-order valence-corrected chi connectivity index (χ3v) is 1.04. The molecule has 7 nitrogen and oxygen atoms in total. The smallest absolute Gasteiger partial charge is 0.548 e. The molecular weight excluding hydrogens is 212 g/mol. The van der Waals surface area contributed by atoms with Gasteiger partial charge in [-0.3, -0.25) is 5.41 Å². The van der Waals surface area contributed by atoms with Crippen LogP contribution in [0.5, 0.6) is 0 Å². The average molecular weight is 217 g/mol. The van der Waals surface area contributed by atoms with E-state index in [1.54, 1.807) is 0 Å². The van der Waals surface area contributed by atoms with Gasteiger partial charge in [-0.15, -0.1) is 0 Å². The van der Waals surface area contributed by atoms with Crippen molar-refractivity contribution in [3.63, 3.8) is 0 Å². The molecule has 0 aliphatic rings. The van der Waals surface area contributed by atoms with Gasteiger partial charge in [0.2, 0.25) is 0 Å². The minimum Gasteiger partial charge on any atom is -0.548 e. The predicted molar refractivity (Wildman–Crippen MR) is 33.4 cm³/mol. The summed E-state index contributed by atoms with van der Waals surface area (Å²) in [5.41, 5.74) is 2.48. The second-order valence-electron chi connectivity index (χ2n) is 1.87. The van der Waals surface area contributed by atoms with Crippen LogP contribution in [0.1, 0.15) is 0 Å². The number of carbonyl (C=O) groups excluding carboxylic acids is 2. The number of nitrogens with one attached hydrogen (secondary N) is 2. The first-order chi connectivity index (χ1) is 5.37. The van der Waals surface area contributed by atoms with E-state index in [0.717, 1.165) is 0 Å². The van der Waals surface area contributed by atoms with Crippen molar-refractivity contribution < 1.29 is 78.9 Å². The number of rotatable bonds is 4. The van der Waals surface area contributed by atoms with Crippen LogP contribution in [0.15, 0.2) is 0 Å². The number of hydrogen-bond acceptors (Lipinski definition) is 7. The zero-order valence-electron chi connectivity index (χ0n) is 7.79. The van der Waals surface area contributed by atoms with Crippen LogP contribution >= 0.6 is 0 Å². The fourth-order valence-corrected chi connectivity index (χ4v) is 0.383. The summed E-state index contributed by atoms with van der Waals surface area (Å²) in [4.78, 5) is 19.9. The van der Waals surface area contributed by atoms with Crippen LogP contribution in [0, 0.1) is 10.8 Å². The minimum atomic E-state index is -1.95. The van der Waals surface area contributed by atoms with Gasteiger partial charge in [0.15, 0.2) is 0 Å². The Balaban J connectivity index is -0.000000605. The van der Waals surface area contributed by atoms with Gasteiger partial charge in [0, 0.05) is 0 Å². The normalized spacial score (nSPS) is 10.1. The van der Waals surface area contributed by atoms with Crippen LogP contribution in [-0.2, 0) is 9.59 Å². The summed E-state index contributed by atoms with van der Waals surface area (Å²) in [5.74, 6) is -3.76. The number of carboxylic acids is 2. The first kappa shape index (κ1) is 19.8. The second kappa shape index (κ2) is 8.54. The van der Waals surface area contributed by atoms with Crippen molar-refractivity contribution >= 4 is 23.4 Å². The van der Waals surface area contributed by atoms with E-state index in [4.69, 9.17) is 16.6 Å². The van der Waals surface area contributed by atoms with Gasteiger partial charge < -0.3 is 30.9 Å². The van der Waals surface area contributed by atoms with Crippen molar-refractivity contribution in [1.29, 1.82) is 10.8 Å². The maximum atomic E-state index is 9.98. The number of aliphatic carboxylic acids is 2. The van der Waals surface area contributed by atoms with Crippen LogP contribution in [0.2, 0.25) is 0 Å². The molecular formula is C5H5N3Na2O4. The molecule has 0 aliphatic heterocycles. The first-order valence-electron chi connectivity index (χ1n) is 2.73. The van der Waals surface area contributed by atoms with Crippen LogP contribution < -0.4 is 75.1 Å². The standard InChI is InChI=1S/C5H7N3O4.2Na/c6-1(2(7)4(9)10)3(8)5(11)12;;/h2,6,8H,7H2,(H,9,10)(H,11,12);;/q;2*+1/p-2/t2-;;/m0../s1. The van der Waals surface area contributed by atoms with Crippen molar-refractivity contribution in [3.05, 3.63) is 0 Å². The SMILES string of the molecule is N=C(C(=N)[C@H](N)C(=O)[O-])C(=O)[O-].[Na+].[Na+]. The molecule has 0 heterocycles. The number of nitrogens with two attached hydrogens (primary N) is 1. The molecule has 0 amide bonds. The molecule has 0 saturated heterocycles. The molecule has 0 saturated carbocycles. The van der Waals surface area contributed by atoms with E-state index < -0.39 is 29.4 Å². The Morgan fingerprint density at radius 3 is 1.71 bits per heavy atom. The summed E-state index contributed by atoms with van der Waals surface area (Å²) in [5, 5.41) is 33.3. The Bertz CT molecular complexity index is 268. The minimum absolute atomic E-state index is 0. The van der Waals surface area contributed by atoms with Gasteiger partial charge in [0.05, 0.1) is 29.4 Å². The number of carbonyl (C=O) groups is 2. The van der Waals surface area contributed by atoms with Crippen molar-refractivity contribution in [2.75, 3.05) is 0 Å². The van der Waals surface area contributed by atoms with Gasteiger partial charge in [-0.05, 0) is 0 Å². The van der Waals surface area contributed by atoms with Crippen molar-refractivity contribution in [2.45, 2.75) is 6.04 Å². The molecule has 66 valence electrons. The third kappa shape index (κ3) is 5.86. The maximum absolute atomic E-state index is 9.98. The molecule has 0 aromatic heterocycles. The average Bonchev–Trinajstić information content (AvgIpc) is 2.00. The molecule has 0 spiro atoms. The van der Waals surface area contributed by atoms with E-state index in [-0.39, 0.29) is 59.1 Å². The van der Waals surface area contributed by atoms with E-state index in [0.29, 0.717) is 0 Å². The third-order valence-electron chi connectivity index (χ3n) is 1.04. The monoisotopic (exact) mass is 217 g/mol. The predicted octanol–water partition coefficient (Wildman–Crippen LogP) is -10.1. The Hall–Kier alpha value is 0.240. The number of carboxylic acid groups (broad SMARTS) is 2. The van der Waals surface area contributed by atoms with Crippen LogP contribution in [0.3, 0.4) is 0 Å². The molecule has 0 radical (unpaired) electrons. The second-order valence-corrected chi connectivity index (χ2v) is 1.87. The number of hydrogen-bond donors (Lipinski definition) is 3. The van der Waals surface area contributed by atoms with Crippen molar-refractivity contribution in [2.24, 2.45) is 5.73 Å². The summed E-state index contributed by atoms with van der Waals surface area (Å²) in [6, 6.07) is -1.91. The van der Waals surface area contributed by atoms with E-state index in [1.807, 2.05) is 0 Å². The largest absolute Gasteiger partial charge is 1.00 e. The van der Waals surface area contributed by atoms with Gasteiger partial charge in [-0.1, -0.05) is 0 Å². The molecule has 0 rings (SSSR count). The van der Waals surface area contributed by atoms with Gasteiger partial charge in [-0.25, -0.2) is 0 Å². The van der Waals surface area contributed by atoms with Crippen molar-refractivity contribution in [1.82, 2.24) is 0 Å². The summed E-state index contributed by atoms with van der Waals surface area (Å²) < 4.78 is 0. The Kier molecular flexibility index (Phi) is 12.1. The summed E-state index contributed by atoms with van der Waals surface area (Å²) >= 11 is 0. The van der Waals surface area contributed by atoms with Crippen LogP contribution in [0.4, 0.5) is 0 Å². The molecule has 0 aliphatic carbocycles. The molecule has 0 aromatic rings. The molecule has 0 unspecified atom stereocenters. The zero-order chi connectivity index (χ0) is 9.89. The fourth-order valence-electron chi connectivity index (χ4n) is 0.383. The quantitative estimate of drug-likeness (QED) is 0.315. The Morgan fingerprint density at radius 2 is 1.50 bits per heavy atom. The van der Waals surface area contributed by atoms with Crippen LogP contribution in [-0.4, -0.2) is 29.4 Å². The summed E-state index contributed by atoms with van der Waals surface area (Å²) in [6.45, 7) is 0. The van der Waals surface area contributed by atoms with E-state index in [2.05, 4.69) is 0 Å². The summed E-state index contributed by atoms with van der Waals surface area (Å²) in [7, 11) is 0. The van der Waals surface area contributed by atoms with E-state index in [1.165, 1.54) is 0 Å². The molecule has 9 heteroatoms. The van der Waals surface area contributed by atoms with E-state index in [9.17, 15) is 19.8 Å². The molecule has 1 atom stereocenters. The zero-order valence-corrected chi connectivity index (χ0v) is 11.8. The van der Waals surface area contributed by atoms with Crippen molar-refractivity contribution in [3.8, 4) is 0 Å². The molecule has 14 heavy (non-hydrogen) atoms. The Morgan fingerprint density at radius 1 is 1.14 bits per heavy atom. The molecule has 4 N–H and O–H groups in total. The topological polar surface area (TPSA) is 154 Å². The Labute approximate surface area is 124 Å².